The fourth-order valence-corrected chi connectivity index (χ4v) is 2.42. The van der Waals surface area contributed by atoms with Crippen molar-refractivity contribution in [3.63, 3.8) is 0 Å². The van der Waals surface area contributed by atoms with Crippen LogP contribution in [0.2, 0.25) is 0 Å². The molecule has 0 saturated carbocycles. The standard InChI is InChI=1S/C18H19N3/c1-3-19-10-14-8-17(12-20-11-14)15-6-7-18-16(9-15)5-4-13(2)21-18/h4-9,11-12,19H,3,10H2,1-2H3. The van der Waals surface area contributed by atoms with Crippen molar-refractivity contribution in [1.29, 1.82) is 0 Å². The molecule has 0 unspecified atom stereocenters. The molecule has 1 N–H and O–H groups in total. The third kappa shape index (κ3) is 3.09. The molecule has 0 bridgehead atoms. The van der Waals surface area contributed by atoms with Crippen molar-refractivity contribution < 1.29 is 0 Å². The molecule has 3 nitrogen and oxygen atoms in total. The van der Waals surface area contributed by atoms with E-state index in [0.717, 1.165) is 35.2 Å². The van der Waals surface area contributed by atoms with Crippen LogP contribution < -0.4 is 5.32 Å². The molecule has 0 saturated heterocycles. The summed E-state index contributed by atoms with van der Waals surface area (Å²) in [5, 5.41) is 4.49. The molecule has 0 amide bonds. The van der Waals surface area contributed by atoms with Gasteiger partial charge in [0.05, 0.1) is 5.52 Å². The third-order valence-corrected chi connectivity index (χ3v) is 3.54. The highest BCUT2D eigenvalue weighted by Crippen LogP contribution is 2.24. The van der Waals surface area contributed by atoms with Crippen LogP contribution in [0.15, 0.2) is 48.8 Å². The van der Waals surface area contributed by atoms with E-state index in [4.69, 9.17) is 0 Å². The SMILES string of the molecule is CCNCc1cncc(-c2ccc3nc(C)ccc3c2)c1. The predicted molar refractivity (Wildman–Crippen MR) is 87.1 cm³/mol. The molecule has 1 aromatic carbocycles. The lowest BCUT2D eigenvalue weighted by Gasteiger charge is -2.07. The Morgan fingerprint density at radius 3 is 2.76 bits per heavy atom. The summed E-state index contributed by atoms with van der Waals surface area (Å²) in [4.78, 5) is 8.90. The summed E-state index contributed by atoms with van der Waals surface area (Å²) in [6.07, 6.45) is 3.83. The van der Waals surface area contributed by atoms with Crippen LogP contribution in [0.3, 0.4) is 0 Å². The molecule has 2 aromatic heterocycles. The zero-order chi connectivity index (χ0) is 14.7. The van der Waals surface area contributed by atoms with Gasteiger partial charge < -0.3 is 5.32 Å². The summed E-state index contributed by atoms with van der Waals surface area (Å²) in [5.41, 5.74) is 5.61. The zero-order valence-electron chi connectivity index (χ0n) is 12.4. The van der Waals surface area contributed by atoms with E-state index in [1.165, 1.54) is 11.1 Å². The number of aromatic nitrogens is 2. The van der Waals surface area contributed by atoms with Gasteiger partial charge in [0.2, 0.25) is 0 Å². The largest absolute Gasteiger partial charge is 0.313 e. The second kappa shape index (κ2) is 6.02. The molecule has 2 heterocycles. The van der Waals surface area contributed by atoms with E-state index in [1.807, 2.05) is 25.4 Å². The first kappa shape index (κ1) is 13.7. The van der Waals surface area contributed by atoms with Gasteiger partial charge in [-0.15, -0.1) is 0 Å². The number of hydrogen-bond acceptors (Lipinski definition) is 3. The van der Waals surface area contributed by atoms with Crippen molar-refractivity contribution in [3.05, 3.63) is 60.0 Å². The number of rotatable bonds is 4. The summed E-state index contributed by atoms with van der Waals surface area (Å²) in [5.74, 6) is 0. The molecule has 3 aromatic rings. The normalized spacial score (nSPS) is 11.0. The molecule has 3 heteroatoms. The molecule has 3 rings (SSSR count). The third-order valence-electron chi connectivity index (χ3n) is 3.54. The molecule has 106 valence electrons. The van der Waals surface area contributed by atoms with E-state index in [1.54, 1.807) is 0 Å². The highest BCUT2D eigenvalue weighted by atomic mass is 14.8. The summed E-state index contributed by atoms with van der Waals surface area (Å²) >= 11 is 0. The minimum Gasteiger partial charge on any atom is -0.313 e. The smallest absolute Gasteiger partial charge is 0.0705 e. The van der Waals surface area contributed by atoms with E-state index in [0.29, 0.717) is 0 Å². The summed E-state index contributed by atoms with van der Waals surface area (Å²) in [6.45, 7) is 5.94. The van der Waals surface area contributed by atoms with Gasteiger partial charge in [0, 0.05) is 35.6 Å². The van der Waals surface area contributed by atoms with Crippen LogP contribution >= 0.6 is 0 Å². The van der Waals surface area contributed by atoms with Gasteiger partial charge in [0.25, 0.3) is 0 Å². The van der Waals surface area contributed by atoms with E-state index in [-0.39, 0.29) is 0 Å². The van der Waals surface area contributed by atoms with Gasteiger partial charge in [-0.3, -0.25) is 9.97 Å². The van der Waals surface area contributed by atoms with Gasteiger partial charge in [-0.05, 0) is 48.9 Å². The average molecular weight is 277 g/mol. The Bertz CT molecular complexity index is 765. The number of fused-ring (bicyclic) bond motifs is 1. The van der Waals surface area contributed by atoms with E-state index < -0.39 is 0 Å². The van der Waals surface area contributed by atoms with Crippen LogP contribution in [0, 0.1) is 6.92 Å². The lowest BCUT2D eigenvalue weighted by Crippen LogP contribution is -2.11. The van der Waals surface area contributed by atoms with Crippen LogP contribution in [-0.4, -0.2) is 16.5 Å². The maximum atomic E-state index is 4.54. The van der Waals surface area contributed by atoms with Crippen molar-refractivity contribution in [3.8, 4) is 11.1 Å². The molecular formula is C18H19N3. The van der Waals surface area contributed by atoms with Crippen LogP contribution in [0.5, 0.6) is 0 Å². The Hall–Kier alpha value is -2.26. The molecule has 0 spiro atoms. The molecule has 0 radical (unpaired) electrons. The molecule has 0 fully saturated rings. The first-order valence-electron chi connectivity index (χ1n) is 7.28. The molecule has 21 heavy (non-hydrogen) atoms. The van der Waals surface area contributed by atoms with Crippen molar-refractivity contribution in [2.75, 3.05) is 6.54 Å². The van der Waals surface area contributed by atoms with Gasteiger partial charge in [0.15, 0.2) is 0 Å². The van der Waals surface area contributed by atoms with Crippen LogP contribution in [0.4, 0.5) is 0 Å². The van der Waals surface area contributed by atoms with Gasteiger partial charge in [0.1, 0.15) is 0 Å². The minimum atomic E-state index is 0.853. The Kier molecular flexibility index (Phi) is 3.93. The lowest BCUT2D eigenvalue weighted by atomic mass is 10.0. The Labute approximate surface area is 125 Å². The Balaban J connectivity index is 1.98. The minimum absolute atomic E-state index is 0.853. The first-order chi connectivity index (χ1) is 10.3. The quantitative estimate of drug-likeness (QED) is 0.790. The number of nitrogens with zero attached hydrogens (tertiary/aromatic N) is 2. The predicted octanol–water partition coefficient (Wildman–Crippen LogP) is 3.71. The highest BCUT2D eigenvalue weighted by molar-refractivity contribution is 5.84. The van der Waals surface area contributed by atoms with E-state index >= 15 is 0 Å². The fraction of sp³-hybridized carbons (Fsp3) is 0.222. The van der Waals surface area contributed by atoms with Crippen LogP contribution in [0.25, 0.3) is 22.0 Å². The maximum absolute atomic E-state index is 4.54. The molecule has 0 aliphatic rings. The van der Waals surface area contributed by atoms with Gasteiger partial charge in [-0.1, -0.05) is 19.1 Å². The topological polar surface area (TPSA) is 37.8 Å². The zero-order valence-corrected chi connectivity index (χ0v) is 12.4. The molecule has 0 aliphatic carbocycles. The monoisotopic (exact) mass is 277 g/mol. The van der Waals surface area contributed by atoms with E-state index in [2.05, 4.69) is 52.5 Å². The van der Waals surface area contributed by atoms with Crippen molar-refractivity contribution in [1.82, 2.24) is 15.3 Å². The molecule has 0 atom stereocenters. The second-order valence-electron chi connectivity index (χ2n) is 5.22. The van der Waals surface area contributed by atoms with E-state index in [9.17, 15) is 0 Å². The highest BCUT2D eigenvalue weighted by Gasteiger charge is 2.03. The Morgan fingerprint density at radius 2 is 1.90 bits per heavy atom. The summed E-state index contributed by atoms with van der Waals surface area (Å²) < 4.78 is 0. The van der Waals surface area contributed by atoms with Crippen LogP contribution in [0.1, 0.15) is 18.2 Å². The number of nitrogens with one attached hydrogen (secondary N) is 1. The summed E-state index contributed by atoms with van der Waals surface area (Å²) in [7, 11) is 0. The number of pyridine rings is 2. The van der Waals surface area contributed by atoms with Gasteiger partial charge in [-0.2, -0.15) is 0 Å². The second-order valence-corrected chi connectivity index (χ2v) is 5.22. The first-order valence-corrected chi connectivity index (χ1v) is 7.28. The fourth-order valence-electron chi connectivity index (χ4n) is 2.42. The van der Waals surface area contributed by atoms with Crippen molar-refractivity contribution in [2.24, 2.45) is 0 Å². The van der Waals surface area contributed by atoms with Crippen molar-refractivity contribution in [2.45, 2.75) is 20.4 Å². The molecular weight excluding hydrogens is 258 g/mol. The Morgan fingerprint density at radius 1 is 1.00 bits per heavy atom. The number of aryl methyl sites for hydroxylation is 1. The lowest BCUT2D eigenvalue weighted by molar-refractivity contribution is 0.724. The number of hydrogen-bond donors (Lipinski definition) is 1. The average Bonchev–Trinajstić information content (AvgIpc) is 2.52. The number of benzene rings is 1. The van der Waals surface area contributed by atoms with Crippen LogP contribution in [-0.2, 0) is 6.54 Å². The molecule has 0 aliphatic heterocycles. The summed E-state index contributed by atoms with van der Waals surface area (Å²) in [6, 6.07) is 12.7. The van der Waals surface area contributed by atoms with Gasteiger partial charge in [-0.25, -0.2) is 0 Å². The van der Waals surface area contributed by atoms with Gasteiger partial charge >= 0.3 is 0 Å². The van der Waals surface area contributed by atoms with Crippen molar-refractivity contribution >= 4 is 10.9 Å². The maximum Gasteiger partial charge on any atom is 0.0705 e.